The summed E-state index contributed by atoms with van der Waals surface area (Å²) >= 11 is 0. The standard InChI is InChI=1S/C21H23NO2/c1-4-15-5-8-18(9-6-15)22-21(23)12-17-13-24-20-10-7-16(14(2)3)11-19(17)20/h5-11,13-14H,4,12H2,1-3H3,(H,22,23). The van der Waals surface area contributed by atoms with Crippen molar-refractivity contribution >= 4 is 22.6 Å². The maximum atomic E-state index is 12.3. The van der Waals surface area contributed by atoms with E-state index in [1.165, 1.54) is 11.1 Å². The fraction of sp³-hybridized carbons (Fsp3) is 0.286. The quantitative estimate of drug-likeness (QED) is 0.693. The minimum absolute atomic E-state index is 0.0306. The minimum Gasteiger partial charge on any atom is -0.464 e. The van der Waals surface area contributed by atoms with Crippen molar-refractivity contribution in [1.82, 2.24) is 0 Å². The van der Waals surface area contributed by atoms with Crippen LogP contribution < -0.4 is 5.32 Å². The highest BCUT2D eigenvalue weighted by Gasteiger charge is 2.12. The fourth-order valence-corrected chi connectivity index (χ4v) is 2.80. The zero-order valence-corrected chi connectivity index (χ0v) is 14.4. The van der Waals surface area contributed by atoms with Gasteiger partial charge in [-0.3, -0.25) is 4.79 Å². The van der Waals surface area contributed by atoms with E-state index in [1.807, 2.05) is 30.3 Å². The summed E-state index contributed by atoms with van der Waals surface area (Å²) in [4.78, 5) is 12.3. The van der Waals surface area contributed by atoms with E-state index in [2.05, 4.69) is 38.2 Å². The van der Waals surface area contributed by atoms with Crippen molar-refractivity contribution in [2.24, 2.45) is 0 Å². The summed E-state index contributed by atoms with van der Waals surface area (Å²) in [5.74, 6) is 0.417. The maximum absolute atomic E-state index is 12.3. The third-order valence-electron chi connectivity index (χ3n) is 4.34. The van der Waals surface area contributed by atoms with Gasteiger partial charge in [0.15, 0.2) is 0 Å². The Balaban J connectivity index is 1.76. The van der Waals surface area contributed by atoms with Crippen molar-refractivity contribution in [1.29, 1.82) is 0 Å². The summed E-state index contributed by atoms with van der Waals surface area (Å²) in [7, 11) is 0. The lowest BCUT2D eigenvalue weighted by Gasteiger charge is -2.07. The predicted molar refractivity (Wildman–Crippen MR) is 98.5 cm³/mol. The van der Waals surface area contributed by atoms with Crippen molar-refractivity contribution < 1.29 is 9.21 Å². The molecule has 0 fully saturated rings. The number of carbonyl (C=O) groups excluding carboxylic acids is 1. The van der Waals surface area contributed by atoms with Crippen molar-refractivity contribution in [3.63, 3.8) is 0 Å². The molecular weight excluding hydrogens is 298 g/mol. The molecule has 1 N–H and O–H groups in total. The Morgan fingerprint density at radius 3 is 2.54 bits per heavy atom. The van der Waals surface area contributed by atoms with Gasteiger partial charge >= 0.3 is 0 Å². The van der Waals surface area contributed by atoms with Crippen LogP contribution in [0.3, 0.4) is 0 Å². The van der Waals surface area contributed by atoms with Gasteiger partial charge < -0.3 is 9.73 Å². The lowest BCUT2D eigenvalue weighted by molar-refractivity contribution is -0.115. The van der Waals surface area contributed by atoms with E-state index in [-0.39, 0.29) is 5.91 Å². The van der Waals surface area contributed by atoms with Gasteiger partial charge in [0.1, 0.15) is 5.58 Å². The van der Waals surface area contributed by atoms with Crippen LogP contribution in [0.4, 0.5) is 5.69 Å². The average Bonchev–Trinajstić information content (AvgIpc) is 2.97. The van der Waals surface area contributed by atoms with Crippen molar-refractivity contribution in [3.05, 3.63) is 65.4 Å². The molecule has 0 bridgehead atoms. The molecule has 0 saturated carbocycles. The Bertz CT molecular complexity index is 844. The van der Waals surface area contributed by atoms with Gasteiger partial charge in [-0.2, -0.15) is 0 Å². The number of fused-ring (bicyclic) bond motifs is 1. The van der Waals surface area contributed by atoms with E-state index in [0.29, 0.717) is 12.3 Å². The fourth-order valence-electron chi connectivity index (χ4n) is 2.80. The Morgan fingerprint density at radius 2 is 1.88 bits per heavy atom. The number of carbonyl (C=O) groups is 1. The van der Waals surface area contributed by atoms with E-state index >= 15 is 0 Å². The zero-order chi connectivity index (χ0) is 17.1. The molecule has 3 aromatic rings. The van der Waals surface area contributed by atoms with Crippen molar-refractivity contribution in [2.75, 3.05) is 5.32 Å². The summed E-state index contributed by atoms with van der Waals surface area (Å²) in [5.41, 5.74) is 5.09. The predicted octanol–water partition coefficient (Wildman–Crippen LogP) is 5.30. The molecule has 0 aliphatic heterocycles. The minimum atomic E-state index is -0.0306. The maximum Gasteiger partial charge on any atom is 0.228 e. The van der Waals surface area contributed by atoms with Crippen molar-refractivity contribution in [3.8, 4) is 0 Å². The van der Waals surface area contributed by atoms with Crippen LogP contribution in [-0.4, -0.2) is 5.91 Å². The first-order valence-corrected chi connectivity index (χ1v) is 8.45. The number of anilines is 1. The molecule has 0 aliphatic carbocycles. The Morgan fingerprint density at radius 1 is 1.12 bits per heavy atom. The Kier molecular flexibility index (Phi) is 4.70. The molecule has 0 spiro atoms. The van der Waals surface area contributed by atoms with Gasteiger partial charge in [0, 0.05) is 16.6 Å². The van der Waals surface area contributed by atoms with Crippen molar-refractivity contribution in [2.45, 2.75) is 39.5 Å². The lowest BCUT2D eigenvalue weighted by atomic mass is 10.00. The molecule has 0 unspecified atom stereocenters. The summed E-state index contributed by atoms with van der Waals surface area (Å²) < 4.78 is 5.59. The molecule has 1 amide bonds. The van der Waals surface area contributed by atoms with Crippen LogP contribution in [-0.2, 0) is 17.6 Å². The molecule has 24 heavy (non-hydrogen) atoms. The molecule has 1 heterocycles. The third-order valence-corrected chi connectivity index (χ3v) is 4.34. The smallest absolute Gasteiger partial charge is 0.228 e. The molecule has 3 heteroatoms. The molecule has 3 rings (SSSR count). The number of hydrogen-bond donors (Lipinski definition) is 1. The number of aryl methyl sites for hydroxylation is 1. The summed E-state index contributed by atoms with van der Waals surface area (Å²) in [6, 6.07) is 14.2. The van der Waals surface area contributed by atoms with Crippen LogP contribution in [0.1, 0.15) is 43.4 Å². The molecule has 0 saturated heterocycles. The van der Waals surface area contributed by atoms with E-state index < -0.39 is 0 Å². The second-order valence-electron chi connectivity index (χ2n) is 6.45. The first kappa shape index (κ1) is 16.3. The number of hydrogen-bond acceptors (Lipinski definition) is 2. The van der Waals surface area contributed by atoms with E-state index in [4.69, 9.17) is 4.42 Å². The first-order chi connectivity index (χ1) is 11.6. The van der Waals surface area contributed by atoms with Gasteiger partial charge in [0.2, 0.25) is 5.91 Å². The number of amides is 1. The van der Waals surface area contributed by atoms with Crippen LogP contribution in [0.15, 0.2) is 53.1 Å². The highest BCUT2D eigenvalue weighted by molar-refractivity contribution is 5.95. The highest BCUT2D eigenvalue weighted by Crippen LogP contribution is 2.26. The van der Waals surface area contributed by atoms with Crippen LogP contribution >= 0.6 is 0 Å². The van der Waals surface area contributed by atoms with Gasteiger partial charge in [0.05, 0.1) is 12.7 Å². The van der Waals surface area contributed by atoms with Crippen LogP contribution in [0.5, 0.6) is 0 Å². The Hall–Kier alpha value is -2.55. The van der Waals surface area contributed by atoms with Crippen LogP contribution in [0.25, 0.3) is 11.0 Å². The molecule has 0 atom stereocenters. The largest absolute Gasteiger partial charge is 0.464 e. The van der Waals surface area contributed by atoms with E-state index in [0.717, 1.165) is 28.6 Å². The normalized spacial score (nSPS) is 11.2. The number of rotatable bonds is 5. The number of nitrogens with one attached hydrogen (secondary N) is 1. The SMILES string of the molecule is CCc1ccc(NC(=O)Cc2coc3ccc(C(C)C)cc23)cc1. The molecule has 3 nitrogen and oxygen atoms in total. The zero-order valence-electron chi connectivity index (χ0n) is 14.4. The Labute approximate surface area is 142 Å². The molecule has 1 aromatic heterocycles. The number of furan rings is 1. The molecular formula is C21H23NO2. The average molecular weight is 321 g/mol. The van der Waals surface area contributed by atoms with Crippen LogP contribution in [0.2, 0.25) is 0 Å². The van der Waals surface area contributed by atoms with Gasteiger partial charge in [0.25, 0.3) is 0 Å². The summed E-state index contributed by atoms with van der Waals surface area (Å²) in [6.07, 6.45) is 2.99. The third kappa shape index (κ3) is 3.51. The number of benzene rings is 2. The second kappa shape index (κ2) is 6.91. The highest BCUT2D eigenvalue weighted by atomic mass is 16.3. The van der Waals surface area contributed by atoms with Gasteiger partial charge in [-0.05, 0) is 47.7 Å². The van der Waals surface area contributed by atoms with E-state index in [9.17, 15) is 4.79 Å². The van der Waals surface area contributed by atoms with Crippen LogP contribution in [0, 0.1) is 0 Å². The molecule has 124 valence electrons. The molecule has 2 aromatic carbocycles. The summed E-state index contributed by atoms with van der Waals surface area (Å²) in [6.45, 7) is 6.43. The van der Waals surface area contributed by atoms with E-state index in [1.54, 1.807) is 6.26 Å². The summed E-state index contributed by atoms with van der Waals surface area (Å²) in [5, 5.41) is 3.98. The first-order valence-electron chi connectivity index (χ1n) is 8.45. The molecule has 0 radical (unpaired) electrons. The second-order valence-corrected chi connectivity index (χ2v) is 6.45. The topological polar surface area (TPSA) is 42.2 Å². The molecule has 0 aliphatic rings. The van der Waals surface area contributed by atoms with Gasteiger partial charge in [-0.15, -0.1) is 0 Å². The monoisotopic (exact) mass is 321 g/mol. The van der Waals surface area contributed by atoms with Gasteiger partial charge in [-0.25, -0.2) is 0 Å². The lowest BCUT2D eigenvalue weighted by Crippen LogP contribution is -2.14. The van der Waals surface area contributed by atoms with Gasteiger partial charge in [-0.1, -0.05) is 39.0 Å².